The highest BCUT2D eigenvalue weighted by molar-refractivity contribution is 7.89. The third-order valence-corrected chi connectivity index (χ3v) is 6.69. The number of hydrogen-bond acceptors (Lipinski definition) is 4. The highest BCUT2D eigenvalue weighted by atomic mass is 32.2. The van der Waals surface area contributed by atoms with Crippen molar-refractivity contribution in [2.75, 3.05) is 37.6 Å². The zero-order chi connectivity index (χ0) is 21.0. The molecule has 1 heterocycles. The van der Waals surface area contributed by atoms with Crippen LogP contribution in [-0.4, -0.2) is 51.9 Å². The van der Waals surface area contributed by atoms with Crippen molar-refractivity contribution >= 4 is 21.6 Å². The number of anilines is 1. The van der Waals surface area contributed by atoms with Crippen molar-refractivity contribution in [2.45, 2.75) is 25.2 Å². The van der Waals surface area contributed by atoms with Crippen molar-refractivity contribution in [3.05, 3.63) is 59.4 Å². The lowest BCUT2D eigenvalue weighted by Gasteiger charge is -2.36. The SMILES string of the molecule is Cc1ccc(C)c(S(=O)(=O)NCCC(=O)N2CCN(c3ccc(F)cc3)CC2)c1. The molecule has 2 aromatic rings. The van der Waals surface area contributed by atoms with Crippen LogP contribution in [0.4, 0.5) is 10.1 Å². The highest BCUT2D eigenvalue weighted by Crippen LogP contribution is 2.18. The van der Waals surface area contributed by atoms with E-state index >= 15 is 0 Å². The van der Waals surface area contributed by atoms with Crippen molar-refractivity contribution in [2.24, 2.45) is 0 Å². The van der Waals surface area contributed by atoms with Crippen LogP contribution in [0, 0.1) is 19.7 Å². The van der Waals surface area contributed by atoms with E-state index in [1.165, 1.54) is 12.1 Å². The molecule has 0 radical (unpaired) electrons. The Labute approximate surface area is 171 Å². The van der Waals surface area contributed by atoms with Crippen LogP contribution >= 0.6 is 0 Å². The number of aryl methyl sites for hydroxylation is 2. The maximum Gasteiger partial charge on any atom is 0.240 e. The van der Waals surface area contributed by atoms with E-state index in [-0.39, 0.29) is 29.6 Å². The van der Waals surface area contributed by atoms with E-state index in [0.717, 1.165) is 11.3 Å². The van der Waals surface area contributed by atoms with Crippen LogP contribution < -0.4 is 9.62 Å². The lowest BCUT2D eigenvalue weighted by molar-refractivity contribution is -0.131. The van der Waals surface area contributed by atoms with E-state index < -0.39 is 10.0 Å². The number of amides is 1. The number of rotatable bonds is 6. The molecule has 2 aromatic carbocycles. The standard InChI is InChI=1S/C21H26FN3O3S/c1-16-3-4-17(2)20(15-16)29(27,28)23-10-9-21(26)25-13-11-24(12-14-25)19-7-5-18(22)6-8-19/h3-8,15,23H,9-14H2,1-2H3. The van der Waals surface area contributed by atoms with Gasteiger partial charge in [-0.05, 0) is 55.3 Å². The number of halogens is 1. The Hall–Kier alpha value is -2.45. The van der Waals surface area contributed by atoms with E-state index in [2.05, 4.69) is 9.62 Å². The summed E-state index contributed by atoms with van der Waals surface area (Å²) in [7, 11) is -3.65. The van der Waals surface area contributed by atoms with Gasteiger partial charge in [-0.15, -0.1) is 0 Å². The topological polar surface area (TPSA) is 69.7 Å². The Balaban J connectivity index is 1.49. The van der Waals surface area contributed by atoms with Crippen LogP contribution in [0.25, 0.3) is 0 Å². The summed E-state index contributed by atoms with van der Waals surface area (Å²) in [5.74, 6) is -0.349. The van der Waals surface area contributed by atoms with E-state index in [1.807, 2.05) is 13.0 Å². The predicted octanol–water partition coefficient (Wildman–Crippen LogP) is 2.46. The van der Waals surface area contributed by atoms with Crippen molar-refractivity contribution < 1.29 is 17.6 Å². The van der Waals surface area contributed by atoms with Gasteiger partial charge in [0.15, 0.2) is 0 Å². The molecule has 0 unspecified atom stereocenters. The minimum atomic E-state index is -3.65. The summed E-state index contributed by atoms with van der Waals surface area (Å²) >= 11 is 0. The van der Waals surface area contributed by atoms with Gasteiger partial charge < -0.3 is 9.80 Å². The van der Waals surface area contributed by atoms with Gasteiger partial charge in [-0.3, -0.25) is 4.79 Å². The smallest absolute Gasteiger partial charge is 0.240 e. The second-order valence-electron chi connectivity index (χ2n) is 7.26. The van der Waals surface area contributed by atoms with Crippen LogP contribution in [0.2, 0.25) is 0 Å². The third-order valence-electron chi connectivity index (χ3n) is 5.09. The average molecular weight is 420 g/mol. The van der Waals surface area contributed by atoms with Gasteiger partial charge in [0.05, 0.1) is 4.90 Å². The average Bonchev–Trinajstić information content (AvgIpc) is 2.70. The number of carbonyl (C=O) groups excluding carboxylic acids is 1. The summed E-state index contributed by atoms with van der Waals surface area (Å²) in [6.45, 7) is 6.08. The summed E-state index contributed by atoms with van der Waals surface area (Å²) in [6, 6.07) is 11.6. The highest BCUT2D eigenvalue weighted by Gasteiger charge is 2.22. The zero-order valence-corrected chi connectivity index (χ0v) is 17.5. The molecule has 0 bridgehead atoms. The lowest BCUT2D eigenvalue weighted by Crippen LogP contribution is -2.49. The molecule has 156 valence electrons. The maximum atomic E-state index is 13.1. The van der Waals surface area contributed by atoms with Gasteiger partial charge in [-0.2, -0.15) is 0 Å². The molecule has 0 atom stereocenters. The summed E-state index contributed by atoms with van der Waals surface area (Å²) in [5.41, 5.74) is 2.47. The van der Waals surface area contributed by atoms with E-state index in [0.29, 0.717) is 31.7 Å². The Bertz CT molecular complexity index is 969. The van der Waals surface area contributed by atoms with Crippen molar-refractivity contribution in [3.63, 3.8) is 0 Å². The Morgan fingerprint density at radius 2 is 1.69 bits per heavy atom. The quantitative estimate of drug-likeness (QED) is 0.781. The molecule has 0 aliphatic carbocycles. The minimum absolute atomic E-state index is 0.0622. The van der Waals surface area contributed by atoms with Crippen LogP contribution in [0.1, 0.15) is 17.5 Å². The first-order valence-electron chi connectivity index (χ1n) is 9.61. The Morgan fingerprint density at radius 1 is 1.03 bits per heavy atom. The number of piperazine rings is 1. The van der Waals surface area contributed by atoms with Crippen molar-refractivity contribution in [3.8, 4) is 0 Å². The van der Waals surface area contributed by atoms with Crippen molar-refractivity contribution in [1.29, 1.82) is 0 Å². The van der Waals surface area contributed by atoms with Gasteiger partial charge in [0.25, 0.3) is 0 Å². The first-order valence-corrected chi connectivity index (χ1v) is 11.1. The molecule has 1 fully saturated rings. The van der Waals surface area contributed by atoms with Crippen molar-refractivity contribution in [1.82, 2.24) is 9.62 Å². The molecule has 3 rings (SSSR count). The first kappa shape index (κ1) is 21.3. The number of carbonyl (C=O) groups is 1. The number of nitrogens with zero attached hydrogens (tertiary/aromatic N) is 2. The predicted molar refractivity (Wildman–Crippen MR) is 111 cm³/mol. The van der Waals surface area contributed by atoms with Crippen LogP contribution in [0.15, 0.2) is 47.4 Å². The molecule has 1 aliphatic heterocycles. The summed E-state index contributed by atoms with van der Waals surface area (Å²) in [6.07, 6.45) is 0.112. The lowest BCUT2D eigenvalue weighted by atomic mass is 10.2. The molecule has 6 nitrogen and oxygen atoms in total. The number of hydrogen-bond donors (Lipinski definition) is 1. The maximum absolute atomic E-state index is 13.1. The Kier molecular flexibility index (Phi) is 6.54. The van der Waals surface area contributed by atoms with Gasteiger partial charge in [0, 0.05) is 44.8 Å². The van der Waals surface area contributed by atoms with Gasteiger partial charge in [-0.25, -0.2) is 17.5 Å². The molecule has 8 heteroatoms. The van der Waals surface area contributed by atoms with E-state index in [1.54, 1.807) is 36.1 Å². The molecule has 1 N–H and O–H groups in total. The summed E-state index contributed by atoms with van der Waals surface area (Å²) < 4.78 is 40.6. The summed E-state index contributed by atoms with van der Waals surface area (Å²) in [4.78, 5) is 16.5. The monoisotopic (exact) mass is 419 g/mol. The molecule has 1 amide bonds. The fourth-order valence-electron chi connectivity index (χ4n) is 3.39. The second-order valence-corrected chi connectivity index (χ2v) is 9.00. The first-order chi connectivity index (χ1) is 13.8. The minimum Gasteiger partial charge on any atom is -0.368 e. The van der Waals surface area contributed by atoms with Crippen LogP contribution in [0.5, 0.6) is 0 Å². The molecular formula is C21H26FN3O3S. The second kappa shape index (κ2) is 8.92. The molecule has 0 saturated carbocycles. The van der Waals surface area contributed by atoms with Crippen LogP contribution in [-0.2, 0) is 14.8 Å². The number of benzene rings is 2. The van der Waals surface area contributed by atoms with Gasteiger partial charge in [-0.1, -0.05) is 12.1 Å². The fraction of sp³-hybridized carbons (Fsp3) is 0.381. The Morgan fingerprint density at radius 3 is 2.34 bits per heavy atom. The number of sulfonamides is 1. The molecule has 1 saturated heterocycles. The molecule has 0 aromatic heterocycles. The largest absolute Gasteiger partial charge is 0.368 e. The summed E-state index contributed by atoms with van der Waals surface area (Å²) in [5, 5.41) is 0. The fourth-order valence-corrected chi connectivity index (χ4v) is 4.75. The van der Waals surface area contributed by atoms with Crippen LogP contribution in [0.3, 0.4) is 0 Å². The van der Waals surface area contributed by atoms with E-state index in [9.17, 15) is 17.6 Å². The van der Waals surface area contributed by atoms with Gasteiger partial charge in [0.1, 0.15) is 5.82 Å². The van der Waals surface area contributed by atoms with Gasteiger partial charge >= 0.3 is 0 Å². The number of nitrogens with one attached hydrogen (secondary N) is 1. The third kappa shape index (κ3) is 5.33. The molecule has 0 spiro atoms. The zero-order valence-electron chi connectivity index (χ0n) is 16.7. The van der Waals surface area contributed by atoms with Gasteiger partial charge in [0.2, 0.25) is 15.9 Å². The molecule has 1 aliphatic rings. The molecular weight excluding hydrogens is 393 g/mol. The normalized spacial score (nSPS) is 14.9. The molecule has 29 heavy (non-hydrogen) atoms. The van der Waals surface area contributed by atoms with E-state index in [4.69, 9.17) is 0 Å².